The van der Waals surface area contributed by atoms with E-state index in [-0.39, 0.29) is 5.75 Å². The second-order valence-electron chi connectivity index (χ2n) is 6.88. The van der Waals surface area contributed by atoms with Gasteiger partial charge in [-0.1, -0.05) is 6.07 Å². The average Bonchev–Trinajstić information content (AvgIpc) is 3.36. The van der Waals surface area contributed by atoms with E-state index in [2.05, 4.69) is 38.4 Å². The maximum absolute atomic E-state index is 9.70. The van der Waals surface area contributed by atoms with Crippen LogP contribution in [0, 0.1) is 0 Å². The van der Waals surface area contributed by atoms with Crippen LogP contribution >= 0.6 is 22.7 Å². The Balaban J connectivity index is 1.40. The molecular weight excluding hydrogens is 404 g/mol. The van der Waals surface area contributed by atoms with Gasteiger partial charge >= 0.3 is 0 Å². The van der Waals surface area contributed by atoms with Crippen LogP contribution < -0.4 is 5.32 Å². The molecule has 148 valence electrons. The number of nitrogens with one attached hydrogen (secondary N) is 1. The van der Waals surface area contributed by atoms with Gasteiger partial charge in [-0.2, -0.15) is 0 Å². The highest BCUT2D eigenvalue weighted by Gasteiger charge is 2.15. The van der Waals surface area contributed by atoms with Crippen LogP contribution in [0.4, 0.5) is 11.5 Å². The van der Waals surface area contributed by atoms with E-state index in [0.29, 0.717) is 0 Å². The predicted molar refractivity (Wildman–Crippen MR) is 118 cm³/mol. The highest BCUT2D eigenvalue weighted by molar-refractivity contribution is 7.26. The van der Waals surface area contributed by atoms with Crippen molar-refractivity contribution in [3.8, 4) is 15.5 Å². The molecule has 0 radical (unpaired) electrons. The van der Waals surface area contributed by atoms with Gasteiger partial charge in [0.25, 0.3) is 0 Å². The summed E-state index contributed by atoms with van der Waals surface area (Å²) in [6.07, 6.45) is 1.57. The van der Waals surface area contributed by atoms with Gasteiger partial charge in [-0.05, 0) is 30.3 Å². The Labute approximate surface area is 176 Å². The lowest BCUT2D eigenvalue weighted by Gasteiger charge is -2.25. The van der Waals surface area contributed by atoms with Crippen LogP contribution in [-0.2, 0) is 11.3 Å². The third-order valence-electron chi connectivity index (χ3n) is 4.81. The number of fused-ring (bicyclic) bond motifs is 1. The quantitative estimate of drug-likeness (QED) is 0.484. The molecule has 29 heavy (non-hydrogen) atoms. The number of ether oxygens (including phenoxy) is 1. The lowest BCUT2D eigenvalue weighted by atomic mass is 10.3. The molecule has 5 rings (SSSR count). The largest absolute Gasteiger partial charge is 0.508 e. The number of aromatic nitrogens is 2. The Bertz CT molecular complexity index is 1130. The molecule has 4 heterocycles. The normalized spacial score (nSPS) is 15.0. The van der Waals surface area contributed by atoms with Crippen molar-refractivity contribution in [2.24, 2.45) is 0 Å². The minimum absolute atomic E-state index is 0.221. The molecule has 3 aromatic heterocycles. The third kappa shape index (κ3) is 4.11. The molecule has 1 saturated heterocycles. The Morgan fingerprint density at radius 2 is 1.93 bits per heavy atom. The maximum Gasteiger partial charge on any atom is 0.151 e. The summed E-state index contributed by atoms with van der Waals surface area (Å²) >= 11 is 3.52. The number of nitrogens with zero attached hydrogens (tertiary/aromatic N) is 3. The Kier molecular flexibility index (Phi) is 5.15. The van der Waals surface area contributed by atoms with Crippen LogP contribution in [-0.4, -0.2) is 46.3 Å². The molecule has 0 atom stereocenters. The summed E-state index contributed by atoms with van der Waals surface area (Å²) in [6, 6.07) is 13.6. The molecule has 0 spiro atoms. The second-order valence-corrected chi connectivity index (χ2v) is 9.10. The number of phenols is 1. The minimum atomic E-state index is 0.221. The fourth-order valence-corrected chi connectivity index (χ4v) is 5.55. The minimum Gasteiger partial charge on any atom is -0.508 e. The molecule has 1 aliphatic rings. The van der Waals surface area contributed by atoms with Gasteiger partial charge in [-0.3, -0.25) is 4.90 Å². The predicted octanol–water partition coefficient (Wildman–Crippen LogP) is 4.70. The van der Waals surface area contributed by atoms with Crippen molar-refractivity contribution in [2.45, 2.75) is 6.54 Å². The summed E-state index contributed by atoms with van der Waals surface area (Å²) in [5.41, 5.74) is 1.72. The van der Waals surface area contributed by atoms with Gasteiger partial charge in [0, 0.05) is 46.0 Å². The highest BCUT2D eigenvalue weighted by atomic mass is 32.1. The zero-order valence-electron chi connectivity index (χ0n) is 15.7. The average molecular weight is 425 g/mol. The highest BCUT2D eigenvalue weighted by Crippen LogP contribution is 2.39. The van der Waals surface area contributed by atoms with E-state index in [9.17, 15) is 5.11 Å². The molecule has 4 aromatic rings. The Hall–Kier alpha value is -2.52. The summed E-state index contributed by atoms with van der Waals surface area (Å²) in [5.74, 6) is 0.973. The number of benzene rings is 1. The molecule has 0 aliphatic carbocycles. The number of aromatic hydroxyl groups is 1. The van der Waals surface area contributed by atoms with Crippen LogP contribution in [0.5, 0.6) is 5.75 Å². The van der Waals surface area contributed by atoms with Crippen LogP contribution in [0.15, 0.2) is 48.8 Å². The SMILES string of the molecule is Oc1cccc(Nc2ncnc3cc(-c4ccc(CN5CCOCC5)s4)sc23)c1. The monoisotopic (exact) mass is 424 g/mol. The van der Waals surface area contributed by atoms with Crippen molar-refractivity contribution in [1.29, 1.82) is 0 Å². The van der Waals surface area contributed by atoms with Gasteiger partial charge < -0.3 is 15.2 Å². The van der Waals surface area contributed by atoms with Gasteiger partial charge in [-0.25, -0.2) is 9.97 Å². The maximum atomic E-state index is 9.70. The van der Waals surface area contributed by atoms with Crippen molar-refractivity contribution < 1.29 is 9.84 Å². The van der Waals surface area contributed by atoms with Crippen LogP contribution in [0.1, 0.15) is 4.88 Å². The molecule has 0 bridgehead atoms. The van der Waals surface area contributed by atoms with E-state index in [0.717, 1.165) is 54.6 Å². The molecule has 0 saturated carbocycles. The number of hydrogen-bond donors (Lipinski definition) is 2. The third-order valence-corrected chi connectivity index (χ3v) is 7.20. The van der Waals surface area contributed by atoms with E-state index >= 15 is 0 Å². The molecule has 1 aliphatic heterocycles. The van der Waals surface area contributed by atoms with Crippen molar-refractivity contribution in [1.82, 2.24) is 14.9 Å². The van der Waals surface area contributed by atoms with Gasteiger partial charge in [0.2, 0.25) is 0 Å². The van der Waals surface area contributed by atoms with Crippen molar-refractivity contribution in [3.63, 3.8) is 0 Å². The molecule has 1 aromatic carbocycles. The molecule has 8 heteroatoms. The fourth-order valence-electron chi connectivity index (χ4n) is 3.36. The topological polar surface area (TPSA) is 70.5 Å². The van der Waals surface area contributed by atoms with Gasteiger partial charge in [-0.15, -0.1) is 22.7 Å². The smallest absolute Gasteiger partial charge is 0.151 e. The molecular formula is C21H20N4O2S2. The second kappa shape index (κ2) is 8.08. The standard InChI is InChI=1S/C21H20N4O2S2/c26-15-3-1-2-14(10-15)24-21-20-17(22-13-23-21)11-19(29-20)18-5-4-16(28-18)12-25-6-8-27-9-7-25/h1-5,10-11,13,26H,6-9,12H2,(H,22,23,24). The van der Waals surface area contributed by atoms with Crippen LogP contribution in [0.25, 0.3) is 20.0 Å². The van der Waals surface area contributed by atoms with E-state index < -0.39 is 0 Å². The van der Waals surface area contributed by atoms with Crippen molar-refractivity contribution >= 4 is 44.4 Å². The summed E-state index contributed by atoms with van der Waals surface area (Å²) in [7, 11) is 0. The molecule has 0 unspecified atom stereocenters. The fraction of sp³-hybridized carbons (Fsp3) is 0.238. The number of phenolic OH excluding ortho intramolecular Hbond substituents is 1. The lowest BCUT2D eigenvalue weighted by Crippen LogP contribution is -2.35. The van der Waals surface area contributed by atoms with Gasteiger partial charge in [0.1, 0.15) is 12.1 Å². The number of anilines is 2. The van der Waals surface area contributed by atoms with E-state index in [4.69, 9.17) is 4.74 Å². The first-order valence-electron chi connectivity index (χ1n) is 9.44. The van der Waals surface area contributed by atoms with Crippen molar-refractivity contribution in [2.75, 3.05) is 31.6 Å². The van der Waals surface area contributed by atoms with E-state index in [1.165, 1.54) is 14.6 Å². The van der Waals surface area contributed by atoms with Gasteiger partial charge in [0.05, 0.1) is 23.4 Å². The molecule has 2 N–H and O–H groups in total. The van der Waals surface area contributed by atoms with Crippen LogP contribution in [0.2, 0.25) is 0 Å². The molecule has 6 nitrogen and oxygen atoms in total. The summed E-state index contributed by atoms with van der Waals surface area (Å²) in [4.78, 5) is 15.1. The summed E-state index contributed by atoms with van der Waals surface area (Å²) < 4.78 is 6.44. The molecule has 0 amide bonds. The molecule has 1 fully saturated rings. The zero-order chi connectivity index (χ0) is 19.6. The van der Waals surface area contributed by atoms with Gasteiger partial charge in [0.15, 0.2) is 5.82 Å². The first-order valence-corrected chi connectivity index (χ1v) is 11.1. The van der Waals surface area contributed by atoms with E-state index in [1.807, 2.05) is 17.4 Å². The number of thiophene rings is 2. The summed E-state index contributed by atoms with van der Waals surface area (Å²) in [6.45, 7) is 4.61. The van der Waals surface area contributed by atoms with Crippen molar-refractivity contribution in [3.05, 3.63) is 53.7 Å². The number of hydrogen-bond acceptors (Lipinski definition) is 8. The Morgan fingerprint density at radius 3 is 2.79 bits per heavy atom. The van der Waals surface area contributed by atoms with Crippen LogP contribution in [0.3, 0.4) is 0 Å². The summed E-state index contributed by atoms with van der Waals surface area (Å²) in [5, 5.41) is 13.0. The number of morpholine rings is 1. The number of rotatable bonds is 5. The first-order chi connectivity index (χ1) is 14.2. The van der Waals surface area contributed by atoms with E-state index in [1.54, 1.807) is 35.9 Å². The lowest BCUT2D eigenvalue weighted by molar-refractivity contribution is 0.0346. The zero-order valence-corrected chi connectivity index (χ0v) is 17.3. The first kappa shape index (κ1) is 18.5. The Morgan fingerprint density at radius 1 is 1.03 bits per heavy atom.